The summed E-state index contributed by atoms with van der Waals surface area (Å²) in [5.74, 6) is 0.538. The Labute approximate surface area is 90.1 Å². The molecular weight excluding hydrogens is 212 g/mol. The molecule has 2 fully saturated rings. The third kappa shape index (κ3) is 1.35. The first-order valence-corrected chi connectivity index (χ1v) is 5.25. The second kappa shape index (κ2) is 2.94. The smallest absolute Gasteiger partial charge is 0.342 e. The second-order valence-corrected chi connectivity index (χ2v) is 4.56. The highest BCUT2D eigenvalue weighted by atomic mass is 16.3. The number of hydrogen-bond donors (Lipinski definition) is 3. The molecule has 1 saturated heterocycles. The van der Waals surface area contributed by atoms with Crippen molar-refractivity contribution in [2.45, 2.75) is 18.4 Å². The summed E-state index contributed by atoms with van der Waals surface area (Å²) in [4.78, 5) is 26.0. The molecule has 2 heterocycles. The Balaban J connectivity index is 1.81. The normalized spacial score (nSPS) is 22.9. The van der Waals surface area contributed by atoms with Gasteiger partial charge in [-0.2, -0.15) is 0 Å². The number of nitrogens with zero attached hydrogens (tertiary/aromatic N) is 2. The molecule has 2 aliphatic rings. The molecule has 0 spiro atoms. The van der Waals surface area contributed by atoms with Crippen LogP contribution >= 0.6 is 0 Å². The van der Waals surface area contributed by atoms with E-state index in [0.29, 0.717) is 19.0 Å². The maximum atomic E-state index is 11.4. The van der Waals surface area contributed by atoms with Crippen molar-refractivity contribution < 1.29 is 5.11 Å². The number of aromatic nitrogens is 3. The lowest BCUT2D eigenvalue weighted by atomic mass is 9.89. The number of β-amino-alcohol motifs (C(OH)–C–C–N with tert-alkyl or cyclic N) is 1. The van der Waals surface area contributed by atoms with Crippen LogP contribution in [0.25, 0.3) is 0 Å². The second-order valence-electron chi connectivity index (χ2n) is 4.56. The zero-order chi connectivity index (χ0) is 11.3. The van der Waals surface area contributed by atoms with Crippen LogP contribution in [0.3, 0.4) is 0 Å². The van der Waals surface area contributed by atoms with E-state index in [1.165, 1.54) is 0 Å². The van der Waals surface area contributed by atoms with Gasteiger partial charge in [0.1, 0.15) is 5.60 Å². The van der Waals surface area contributed by atoms with Gasteiger partial charge in [0.25, 0.3) is 5.56 Å². The molecule has 0 unspecified atom stereocenters. The zero-order valence-corrected chi connectivity index (χ0v) is 8.56. The van der Waals surface area contributed by atoms with Gasteiger partial charge in [-0.25, -0.2) is 9.89 Å². The summed E-state index contributed by atoms with van der Waals surface area (Å²) in [6.45, 7) is 0.833. The Morgan fingerprint density at radius 3 is 2.62 bits per heavy atom. The first-order valence-electron chi connectivity index (χ1n) is 5.25. The molecule has 86 valence electrons. The average Bonchev–Trinajstić information content (AvgIpc) is 2.97. The number of nitrogens with one attached hydrogen (secondary N) is 2. The van der Waals surface area contributed by atoms with Crippen LogP contribution in [0, 0.1) is 5.92 Å². The van der Waals surface area contributed by atoms with Gasteiger partial charge in [0.2, 0.25) is 5.82 Å². The molecule has 0 aromatic carbocycles. The summed E-state index contributed by atoms with van der Waals surface area (Å²) >= 11 is 0. The van der Waals surface area contributed by atoms with E-state index >= 15 is 0 Å². The lowest BCUT2D eigenvalue weighted by molar-refractivity contribution is -0.00999. The molecule has 0 amide bonds. The Morgan fingerprint density at radius 2 is 2.06 bits per heavy atom. The van der Waals surface area contributed by atoms with Crippen LogP contribution in [0.1, 0.15) is 12.8 Å². The molecule has 0 radical (unpaired) electrons. The topological polar surface area (TPSA) is 102 Å². The van der Waals surface area contributed by atoms with Gasteiger partial charge in [0.15, 0.2) is 0 Å². The molecule has 1 aromatic heterocycles. The SMILES string of the molecule is O=c1[nH]nc(N2CC(O)(C3CC3)C2)c(=O)[nH]1. The van der Waals surface area contributed by atoms with Crippen molar-refractivity contribution in [3.63, 3.8) is 0 Å². The van der Waals surface area contributed by atoms with E-state index in [4.69, 9.17) is 0 Å². The number of aliphatic hydroxyl groups is 1. The standard InChI is InChI=1S/C9H12N4O3/c14-7-6(11-12-8(15)10-7)13-3-9(16,4-13)5-1-2-5/h5,16H,1-4H2,(H2,10,12,14,15). The van der Waals surface area contributed by atoms with Gasteiger partial charge in [0.05, 0.1) is 13.1 Å². The Morgan fingerprint density at radius 1 is 1.38 bits per heavy atom. The molecular formula is C9H12N4O3. The fourth-order valence-electron chi connectivity index (χ4n) is 2.20. The van der Waals surface area contributed by atoms with Crippen LogP contribution in [-0.2, 0) is 0 Å². The minimum absolute atomic E-state index is 0.171. The molecule has 0 atom stereocenters. The van der Waals surface area contributed by atoms with Gasteiger partial charge in [0, 0.05) is 0 Å². The van der Waals surface area contributed by atoms with E-state index in [1.54, 1.807) is 4.90 Å². The molecule has 0 bridgehead atoms. The highest BCUT2D eigenvalue weighted by Crippen LogP contribution is 2.44. The van der Waals surface area contributed by atoms with Crippen molar-refractivity contribution in [2.75, 3.05) is 18.0 Å². The Kier molecular flexibility index (Phi) is 1.76. The highest BCUT2D eigenvalue weighted by Gasteiger charge is 2.52. The molecule has 1 saturated carbocycles. The monoisotopic (exact) mass is 224 g/mol. The van der Waals surface area contributed by atoms with Gasteiger partial charge in [-0.3, -0.25) is 9.78 Å². The lowest BCUT2D eigenvalue weighted by Gasteiger charge is -2.46. The first-order chi connectivity index (χ1) is 7.58. The molecule has 1 aliphatic heterocycles. The van der Waals surface area contributed by atoms with Crippen molar-refractivity contribution in [3.8, 4) is 0 Å². The van der Waals surface area contributed by atoms with Crippen molar-refractivity contribution >= 4 is 5.82 Å². The summed E-state index contributed by atoms with van der Waals surface area (Å²) < 4.78 is 0. The molecule has 1 aliphatic carbocycles. The third-order valence-corrected chi connectivity index (χ3v) is 3.26. The van der Waals surface area contributed by atoms with E-state index in [0.717, 1.165) is 12.8 Å². The quantitative estimate of drug-likeness (QED) is 0.562. The van der Waals surface area contributed by atoms with E-state index in [2.05, 4.69) is 15.2 Å². The summed E-state index contributed by atoms with van der Waals surface area (Å²) in [5, 5.41) is 15.9. The van der Waals surface area contributed by atoms with Crippen molar-refractivity contribution in [3.05, 3.63) is 20.8 Å². The van der Waals surface area contributed by atoms with E-state index < -0.39 is 16.9 Å². The van der Waals surface area contributed by atoms with Crippen LogP contribution in [-0.4, -0.2) is 39.0 Å². The summed E-state index contributed by atoms with van der Waals surface area (Å²) in [6.07, 6.45) is 2.11. The van der Waals surface area contributed by atoms with Crippen LogP contribution < -0.4 is 16.1 Å². The largest absolute Gasteiger partial charge is 0.386 e. The third-order valence-electron chi connectivity index (χ3n) is 3.26. The van der Waals surface area contributed by atoms with Crippen LogP contribution in [0.15, 0.2) is 9.59 Å². The molecule has 16 heavy (non-hydrogen) atoms. The Hall–Kier alpha value is -1.63. The van der Waals surface area contributed by atoms with Gasteiger partial charge in [-0.1, -0.05) is 0 Å². The summed E-state index contributed by atoms with van der Waals surface area (Å²) in [5.41, 5.74) is -1.79. The lowest BCUT2D eigenvalue weighted by Crippen LogP contribution is -2.64. The first kappa shape index (κ1) is 9.59. The maximum Gasteiger partial charge on any atom is 0.342 e. The van der Waals surface area contributed by atoms with Crippen molar-refractivity contribution in [1.29, 1.82) is 0 Å². The molecule has 7 nitrogen and oxygen atoms in total. The fraction of sp³-hybridized carbons (Fsp3) is 0.667. The Bertz CT molecular complexity index is 524. The number of anilines is 1. The highest BCUT2D eigenvalue weighted by molar-refractivity contribution is 5.41. The fourth-order valence-corrected chi connectivity index (χ4v) is 2.20. The number of H-pyrrole nitrogens is 2. The van der Waals surface area contributed by atoms with Crippen LogP contribution in [0.2, 0.25) is 0 Å². The van der Waals surface area contributed by atoms with Gasteiger partial charge in [-0.05, 0) is 18.8 Å². The minimum atomic E-state index is -0.662. The average molecular weight is 224 g/mol. The molecule has 1 aromatic rings. The molecule has 3 N–H and O–H groups in total. The van der Waals surface area contributed by atoms with Crippen LogP contribution in [0.5, 0.6) is 0 Å². The molecule has 3 rings (SSSR count). The van der Waals surface area contributed by atoms with Crippen LogP contribution in [0.4, 0.5) is 5.82 Å². The van der Waals surface area contributed by atoms with E-state index in [-0.39, 0.29) is 5.82 Å². The number of aromatic amines is 2. The van der Waals surface area contributed by atoms with Gasteiger partial charge < -0.3 is 10.0 Å². The predicted molar refractivity (Wildman–Crippen MR) is 55.4 cm³/mol. The minimum Gasteiger partial charge on any atom is -0.386 e. The number of hydrogen-bond acceptors (Lipinski definition) is 5. The van der Waals surface area contributed by atoms with Crippen molar-refractivity contribution in [2.24, 2.45) is 5.92 Å². The summed E-state index contributed by atoms with van der Waals surface area (Å²) in [6, 6.07) is 0. The van der Waals surface area contributed by atoms with Gasteiger partial charge in [-0.15, -0.1) is 5.10 Å². The van der Waals surface area contributed by atoms with E-state index in [9.17, 15) is 14.7 Å². The summed E-state index contributed by atoms with van der Waals surface area (Å²) in [7, 11) is 0. The zero-order valence-electron chi connectivity index (χ0n) is 8.56. The number of rotatable bonds is 2. The molecule has 7 heteroatoms. The maximum absolute atomic E-state index is 11.4. The van der Waals surface area contributed by atoms with E-state index in [1.807, 2.05) is 0 Å². The predicted octanol–water partition coefficient (Wildman–Crippen LogP) is -1.58. The van der Waals surface area contributed by atoms with Gasteiger partial charge >= 0.3 is 5.69 Å². The van der Waals surface area contributed by atoms with Crippen molar-refractivity contribution in [1.82, 2.24) is 15.2 Å².